The molecule has 3 N–H and O–H groups in total. The van der Waals surface area contributed by atoms with Crippen LogP contribution in [0, 0.1) is 19.7 Å². The molecule has 0 fully saturated rings. The number of oxime groups is 1. The van der Waals surface area contributed by atoms with Crippen molar-refractivity contribution in [1.29, 1.82) is 0 Å². The van der Waals surface area contributed by atoms with Crippen LogP contribution < -0.4 is 5.73 Å². The number of aromatic nitrogens is 1. The van der Waals surface area contributed by atoms with Crippen LogP contribution in [-0.2, 0) is 0 Å². The number of pyridine rings is 1. The zero-order valence-electron chi connectivity index (χ0n) is 11.1. The van der Waals surface area contributed by atoms with E-state index in [-0.39, 0.29) is 11.7 Å². The number of rotatable bonds is 3. The van der Waals surface area contributed by atoms with Crippen molar-refractivity contribution in [3.05, 3.63) is 53.0 Å². The molecule has 104 valence electrons. The monoisotopic (exact) mass is 291 g/mol. The Morgan fingerprint density at radius 1 is 1.30 bits per heavy atom. The van der Waals surface area contributed by atoms with Gasteiger partial charge in [0.05, 0.1) is 5.56 Å². The molecule has 0 radical (unpaired) electrons. The highest BCUT2D eigenvalue weighted by Gasteiger charge is 2.14. The Morgan fingerprint density at radius 3 is 2.55 bits per heavy atom. The fraction of sp³-hybridized carbons (Fsp3) is 0.143. The molecular weight excluding hydrogens is 277 g/mol. The highest BCUT2D eigenvalue weighted by Crippen LogP contribution is 2.30. The predicted octanol–water partition coefficient (Wildman–Crippen LogP) is 3.08. The minimum atomic E-state index is -0.292. The van der Waals surface area contributed by atoms with Crippen molar-refractivity contribution in [3.8, 4) is 0 Å². The number of nitrogens with zero attached hydrogens (tertiary/aromatic N) is 2. The van der Waals surface area contributed by atoms with Gasteiger partial charge in [0.2, 0.25) is 0 Å². The van der Waals surface area contributed by atoms with Crippen LogP contribution in [0.4, 0.5) is 4.39 Å². The summed E-state index contributed by atoms with van der Waals surface area (Å²) < 4.78 is 12.9. The van der Waals surface area contributed by atoms with Gasteiger partial charge in [-0.1, -0.05) is 16.9 Å². The van der Waals surface area contributed by atoms with Gasteiger partial charge in [-0.2, -0.15) is 0 Å². The first-order valence-electron chi connectivity index (χ1n) is 5.91. The SMILES string of the molecule is Cc1cc(C)c(C(N)=NO)c(Sc2ccc(F)cc2)n1. The molecule has 0 aliphatic heterocycles. The molecule has 0 aliphatic carbocycles. The third-order valence-corrected chi connectivity index (χ3v) is 3.70. The number of hydrogen-bond acceptors (Lipinski definition) is 4. The van der Waals surface area contributed by atoms with Crippen LogP contribution in [0.5, 0.6) is 0 Å². The second-order valence-corrected chi connectivity index (χ2v) is 5.36. The van der Waals surface area contributed by atoms with Crippen LogP contribution in [-0.4, -0.2) is 16.0 Å². The summed E-state index contributed by atoms with van der Waals surface area (Å²) in [6.07, 6.45) is 0. The molecule has 0 saturated heterocycles. The average molecular weight is 291 g/mol. The van der Waals surface area contributed by atoms with E-state index < -0.39 is 0 Å². The van der Waals surface area contributed by atoms with Crippen molar-refractivity contribution in [2.75, 3.05) is 0 Å². The molecule has 0 amide bonds. The zero-order chi connectivity index (χ0) is 14.7. The van der Waals surface area contributed by atoms with Gasteiger partial charge in [-0.15, -0.1) is 0 Å². The van der Waals surface area contributed by atoms with E-state index in [4.69, 9.17) is 10.9 Å². The summed E-state index contributed by atoms with van der Waals surface area (Å²) in [7, 11) is 0. The Morgan fingerprint density at radius 2 is 1.95 bits per heavy atom. The molecule has 0 bridgehead atoms. The van der Waals surface area contributed by atoms with Crippen molar-refractivity contribution in [1.82, 2.24) is 4.98 Å². The van der Waals surface area contributed by atoms with Crippen LogP contribution in [0.15, 0.2) is 45.4 Å². The summed E-state index contributed by atoms with van der Waals surface area (Å²) in [6.45, 7) is 3.74. The van der Waals surface area contributed by atoms with Gasteiger partial charge in [0.1, 0.15) is 10.8 Å². The van der Waals surface area contributed by atoms with Crippen molar-refractivity contribution >= 4 is 17.6 Å². The standard InChI is InChI=1S/C14H14FN3OS/c1-8-7-9(2)17-14(12(8)13(16)18-19)20-11-5-3-10(15)4-6-11/h3-7,19H,1-2H3,(H2,16,18). The number of benzene rings is 1. The maximum Gasteiger partial charge on any atom is 0.173 e. The second kappa shape index (κ2) is 5.92. The van der Waals surface area contributed by atoms with Crippen molar-refractivity contribution in [2.24, 2.45) is 10.9 Å². The second-order valence-electron chi connectivity index (χ2n) is 4.30. The lowest BCUT2D eigenvalue weighted by atomic mass is 10.1. The number of hydrogen-bond donors (Lipinski definition) is 2. The summed E-state index contributed by atoms with van der Waals surface area (Å²) in [5.74, 6) is -0.279. The van der Waals surface area contributed by atoms with Gasteiger partial charge >= 0.3 is 0 Å². The molecular formula is C14H14FN3OS. The molecule has 0 saturated carbocycles. The Kier molecular flexibility index (Phi) is 4.24. The molecule has 1 heterocycles. The van der Waals surface area contributed by atoms with E-state index in [0.29, 0.717) is 10.6 Å². The van der Waals surface area contributed by atoms with Gasteiger partial charge in [0, 0.05) is 10.6 Å². The van der Waals surface area contributed by atoms with Gasteiger partial charge in [0.25, 0.3) is 0 Å². The third kappa shape index (κ3) is 3.08. The van der Waals surface area contributed by atoms with Crippen LogP contribution in [0.1, 0.15) is 16.8 Å². The van der Waals surface area contributed by atoms with E-state index in [1.54, 1.807) is 12.1 Å². The molecule has 1 aromatic heterocycles. The highest BCUT2D eigenvalue weighted by atomic mass is 32.2. The Labute approximate surface area is 120 Å². The van der Waals surface area contributed by atoms with Crippen molar-refractivity contribution in [3.63, 3.8) is 0 Å². The molecule has 6 heteroatoms. The van der Waals surface area contributed by atoms with Gasteiger partial charge in [-0.3, -0.25) is 0 Å². The molecule has 0 atom stereocenters. The van der Waals surface area contributed by atoms with Crippen LogP contribution in [0.2, 0.25) is 0 Å². The summed E-state index contributed by atoms with van der Waals surface area (Å²) in [5.41, 5.74) is 8.01. The lowest BCUT2D eigenvalue weighted by Gasteiger charge is -2.11. The van der Waals surface area contributed by atoms with Gasteiger partial charge in [-0.05, 0) is 49.7 Å². The maximum atomic E-state index is 12.9. The lowest BCUT2D eigenvalue weighted by molar-refractivity contribution is 0.318. The first kappa shape index (κ1) is 14.3. The molecule has 2 rings (SSSR count). The minimum absolute atomic E-state index is 0.0135. The quantitative estimate of drug-likeness (QED) is 0.394. The molecule has 2 aromatic rings. The fourth-order valence-electron chi connectivity index (χ4n) is 1.85. The zero-order valence-corrected chi connectivity index (χ0v) is 11.9. The highest BCUT2D eigenvalue weighted by molar-refractivity contribution is 7.99. The van der Waals surface area contributed by atoms with Crippen LogP contribution >= 0.6 is 11.8 Å². The normalized spacial score (nSPS) is 11.7. The number of nitrogens with two attached hydrogens (primary N) is 1. The fourth-order valence-corrected chi connectivity index (χ4v) is 2.90. The van der Waals surface area contributed by atoms with Gasteiger partial charge in [0.15, 0.2) is 5.84 Å². The Hall–Kier alpha value is -2.08. The van der Waals surface area contributed by atoms with E-state index in [1.807, 2.05) is 19.9 Å². The number of halogens is 1. The van der Waals surface area contributed by atoms with Crippen LogP contribution in [0.25, 0.3) is 0 Å². The van der Waals surface area contributed by atoms with Crippen molar-refractivity contribution < 1.29 is 9.60 Å². The Bertz CT molecular complexity index is 656. The molecule has 0 spiro atoms. The molecule has 0 unspecified atom stereocenters. The summed E-state index contributed by atoms with van der Waals surface area (Å²) >= 11 is 1.35. The molecule has 1 aromatic carbocycles. The lowest BCUT2D eigenvalue weighted by Crippen LogP contribution is -2.17. The molecule has 20 heavy (non-hydrogen) atoms. The average Bonchev–Trinajstić information content (AvgIpc) is 2.40. The van der Waals surface area contributed by atoms with E-state index in [1.165, 1.54) is 23.9 Å². The van der Waals surface area contributed by atoms with Crippen LogP contribution in [0.3, 0.4) is 0 Å². The van der Waals surface area contributed by atoms with Crippen molar-refractivity contribution in [2.45, 2.75) is 23.8 Å². The first-order chi connectivity index (χ1) is 9.51. The van der Waals surface area contributed by atoms with E-state index in [2.05, 4.69) is 10.1 Å². The molecule has 4 nitrogen and oxygen atoms in total. The first-order valence-corrected chi connectivity index (χ1v) is 6.72. The van der Waals surface area contributed by atoms with Gasteiger partial charge < -0.3 is 10.9 Å². The smallest absolute Gasteiger partial charge is 0.173 e. The van der Waals surface area contributed by atoms with E-state index in [9.17, 15) is 4.39 Å². The van der Waals surface area contributed by atoms with E-state index >= 15 is 0 Å². The summed E-state index contributed by atoms with van der Waals surface area (Å²) in [5, 5.41) is 12.6. The summed E-state index contributed by atoms with van der Waals surface area (Å²) in [4.78, 5) is 5.25. The molecule has 0 aliphatic rings. The van der Waals surface area contributed by atoms with E-state index in [0.717, 1.165) is 16.2 Å². The number of amidine groups is 1. The number of aryl methyl sites for hydroxylation is 2. The minimum Gasteiger partial charge on any atom is -0.409 e. The topological polar surface area (TPSA) is 71.5 Å². The third-order valence-electron chi connectivity index (χ3n) is 2.70. The summed E-state index contributed by atoms with van der Waals surface area (Å²) in [6, 6.07) is 7.95. The van der Waals surface area contributed by atoms with Gasteiger partial charge in [-0.25, -0.2) is 9.37 Å². The predicted molar refractivity (Wildman–Crippen MR) is 76.7 cm³/mol. The maximum absolute atomic E-state index is 12.9. The largest absolute Gasteiger partial charge is 0.409 e. The Balaban J connectivity index is 2.47.